The Balaban J connectivity index is 2.93. The van der Waals surface area contributed by atoms with E-state index in [0.29, 0.717) is 52.4 Å². The number of nitrogens with two attached hydrogens (primary N) is 1. The zero-order valence-electron chi connectivity index (χ0n) is 16.2. The Hall–Kier alpha value is -2.48. The van der Waals surface area contributed by atoms with Crippen LogP contribution < -0.4 is 5.73 Å². The molecule has 0 saturated carbocycles. The summed E-state index contributed by atoms with van der Waals surface area (Å²) in [6.45, 7) is 1.94. The van der Waals surface area contributed by atoms with E-state index in [1.165, 1.54) is 0 Å². The van der Waals surface area contributed by atoms with E-state index in [-0.39, 0.29) is 26.2 Å². The Morgan fingerprint density at radius 3 is 1.24 bits per heavy atom. The molecule has 0 spiro atoms. The molecule has 0 bridgehead atoms. The molecule has 1 fully saturated rings. The number of primary amides is 1. The standard InChI is InChI=1S/C16H28N6O7/c17-13(23)9-19-1-3-20(10-14(24)18-29)4-6-22(12-16(27)28)8-7-21(5-2-19)11-15(25)26/h1-12H2,(H2,17,23)(H,25,26)(H,27,28). The van der Waals surface area contributed by atoms with Gasteiger partial charge in [0.2, 0.25) is 5.91 Å². The average molecular weight is 416 g/mol. The highest BCUT2D eigenvalue weighted by Gasteiger charge is 2.20. The third kappa shape index (κ3) is 11.2. The molecule has 13 heteroatoms. The summed E-state index contributed by atoms with van der Waals surface area (Å²) < 4.78 is 0. The van der Waals surface area contributed by atoms with Crippen molar-refractivity contribution in [1.29, 1.82) is 0 Å². The first-order chi connectivity index (χ1) is 13.7. The second-order valence-electron chi connectivity index (χ2n) is 6.84. The minimum atomic E-state index is -1.02. The molecular formula is C16H28N6O7. The van der Waals surface area contributed by atoms with Gasteiger partial charge in [0.15, 0.2) is 0 Å². The van der Waals surface area contributed by atoms with Crippen LogP contribution in [0.5, 0.6) is 0 Å². The van der Waals surface area contributed by atoms with Crippen molar-refractivity contribution in [3.05, 3.63) is 4.91 Å². The van der Waals surface area contributed by atoms with Gasteiger partial charge >= 0.3 is 11.9 Å². The maximum atomic E-state index is 11.4. The first-order valence-electron chi connectivity index (χ1n) is 9.17. The number of carboxylic acid groups (broad SMARTS) is 2. The zero-order valence-corrected chi connectivity index (χ0v) is 16.2. The van der Waals surface area contributed by atoms with E-state index >= 15 is 0 Å². The van der Waals surface area contributed by atoms with E-state index in [1.807, 2.05) is 0 Å². The summed E-state index contributed by atoms with van der Waals surface area (Å²) in [6, 6.07) is 0. The van der Waals surface area contributed by atoms with Gasteiger partial charge in [-0.05, 0) is 0 Å². The lowest BCUT2D eigenvalue weighted by Gasteiger charge is -2.32. The molecule has 0 radical (unpaired) electrons. The average Bonchev–Trinajstić information content (AvgIpc) is 2.62. The van der Waals surface area contributed by atoms with Gasteiger partial charge in [-0.1, -0.05) is 0 Å². The van der Waals surface area contributed by atoms with Gasteiger partial charge in [0, 0.05) is 57.5 Å². The first-order valence-corrected chi connectivity index (χ1v) is 9.17. The van der Waals surface area contributed by atoms with Gasteiger partial charge in [-0.25, -0.2) is 0 Å². The Bertz CT molecular complexity index is 570. The highest BCUT2D eigenvalue weighted by molar-refractivity contribution is 5.78. The second-order valence-corrected chi connectivity index (χ2v) is 6.84. The molecule has 2 amide bonds. The molecule has 1 saturated heterocycles. The molecule has 1 rings (SSSR count). The summed E-state index contributed by atoms with van der Waals surface area (Å²) in [5.74, 6) is -3.40. The summed E-state index contributed by atoms with van der Waals surface area (Å²) in [5, 5.41) is 20.6. The minimum Gasteiger partial charge on any atom is -0.480 e. The highest BCUT2D eigenvalue weighted by Crippen LogP contribution is 2.01. The molecule has 0 aliphatic carbocycles. The summed E-state index contributed by atoms with van der Waals surface area (Å²) in [4.78, 5) is 62.2. The molecule has 13 nitrogen and oxygen atoms in total. The van der Waals surface area contributed by atoms with Crippen LogP contribution in [0.1, 0.15) is 0 Å². The van der Waals surface area contributed by atoms with Crippen molar-refractivity contribution in [3.8, 4) is 0 Å². The quantitative estimate of drug-likeness (QED) is 0.347. The Kier molecular flexibility index (Phi) is 10.9. The van der Waals surface area contributed by atoms with Crippen LogP contribution in [-0.2, 0) is 19.2 Å². The van der Waals surface area contributed by atoms with Crippen LogP contribution in [0.25, 0.3) is 0 Å². The molecule has 0 aromatic carbocycles. The van der Waals surface area contributed by atoms with Crippen molar-refractivity contribution in [2.45, 2.75) is 0 Å². The summed E-state index contributed by atoms with van der Waals surface area (Å²) in [6.07, 6.45) is 0. The van der Waals surface area contributed by atoms with Crippen LogP contribution in [0.2, 0.25) is 0 Å². The van der Waals surface area contributed by atoms with Crippen molar-refractivity contribution in [3.63, 3.8) is 0 Å². The second kappa shape index (κ2) is 12.9. The number of nitroso groups, excluding NO2 is 1. The van der Waals surface area contributed by atoms with Gasteiger partial charge in [0.1, 0.15) is 0 Å². The van der Waals surface area contributed by atoms with Crippen LogP contribution in [0.3, 0.4) is 0 Å². The number of hydrogen-bond acceptors (Lipinski definition) is 9. The molecule has 29 heavy (non-hydrogen) atoms. The van der Waals surface area contributed by atoms with Crippen molar-refractivity contribution in [2.75, 3.05) is 78.5 Å². The SMILES string of the molecule is NC(=O)CN1CCN(CC(=O)O)CCN(CC(=O)O)CCN(CC(=O)N=O)CC1. The number of rotatable bonds is 8. The van der Waals surface area contributed by atoms with Gasteiger partial charge < -0.3 is 15.9 Å². The number of aliphatic carboxylic acids is 2. The van der Waals surface area contributed by atoms with Crippen LogP contribution in [-0.4, -0.2) is 132 Å². The maximum absolute atomic E-state index is 11.4. The first kappa shape index (κ1) is 24.6. The third-order valence-corrected chi connectivity index (χ3v) is 4.49. The van der Waals surface area contributed by atoms with E-state index in [1.54, 1.807) is 19.6 Å². The number of hydrogen-bond donors (Lipinski definition) is 3. The molecule has 0 unspecified atom stereocenters. The van der Waals surface area contributed by atoms with E-state index < -0.39 is 23.8 Å². The Morgan fingerprint density at radius 1 is 0.655 bits per heavy atom. The smallest absolute Gasteiger partial charge is 0.317 e. The Labute approximate surface area is 168 Å². The molecule has 0 aromatic rings. The van der Waals surface area contributed by atoms with Gasteiger partial charge in [-0.2, -0.15) is 0 Å². The predicted octanol–water partition coefficient (Wildman–Crippen LogP) is -2.84. The molecule has 1 heterocycles. The number of nitrogens with zero attached hydrogens (tertiary/aromatic N) is 5. The minimum absolute atomic E-state index is 0.0280. The fourth-order valence-electron chi connectivity index (χ4n) is 3.03. The lowest BCUT2D eigenvalue weighted by molar-refractivity contribution is -0.140. The van der Waals surface area contributed by atoms with Crippen molar-refractivity contribution in [2.24, 2.45) is 10.9 Å². The van der Waals surface area contributed by atoms with E-state index in [9.17, 15) is 24.1 Å². The van der Waals surface area contributed by atoms with Crippen molar-refractivity contribution >= 4 is 23.8 Å². The summed E-state index contributed by atoms with van der Waals surface area (Å²) in [5.41, 5.74) is 5.28. The Morgan fingerprint density at radius 2 is 0.966 bits per heavy atom. The van der Waals surface area contributed by atoms with Gasteiger partial charge in [0.05, 0.1) is 26.2 Å². The lowest BCUT2D eigenvalue weighted by Crippen LogP contribution is -2.49. The van der Waals surface area contributed by atoms with Gasteiger partial charge in [0.25, 0.3) is 5.91 Å². The topological polar surface area (TPSA) is 177 Å². The molecule has 4 N–H and O–H groups in total. The summed E-state index contributed by atoms with van der Waals surface area (Å²) >= 11 is 0. The van der Waals surface area contributed by atoms with Crippen LogP contribution in [0.15, 0.2) is 5.18 Å². The van der Waals surface area contributed by atoms with Crippen LogP contribution in [0.4, 0.5) is 0 Å². The normalized spacial score (nSPS) is 19.0. The summed E-state index contributed by atoms with van der Waals surface area (Å²) in [7, 11) is 0. The molecule has 1 aliphatic rings. The number of carboxylic acids is 2. The number of amides is 2. The zero-order chi connectivity index (χ0) is 21.8. The molecular weight excluding hydrogens is 388 g/mol. The lowest BCUT2D eigenvalue weighted by atomic mass is 10.3. The van der Waals surface area contributed by atoms with Crippen molar-refractivity contribution < 1.29 is 29.4 Å². The largest absolute Gasteiger partial charge is 0.480 e. The number of carbonyl (C=O) groups is 4. The number of carbonyl (C=O) groups excluding carboxylic acids is 2. The van der Waals surface area contributed by atoms with Crippen molar-refractivity contribution in [1.82, 2.24) is 19.6 Å². The fraction of sp³-hybridized carbons (Fsp3) is 0.750. The third-order valence-electron chi connectivity index (χ3n) is 4.49. The van der Waals surface area contributed by atoms with E-state index in [2.05, 4.69) is 5.18 Å². The van der Waals surface area contributed by atoms with E-state index in [0.717, 1.165) is 0 Å². The predicted molar refractivity (Wildman–Crippen MR) is 101 cm³/mol. The highest BCUT2D eigenvalue weighted by atomic mass is 16.4. The molecule has 0 aromatic heterocycles. The molecule has 0 atom stereocenters. The molecule has 1 aliphatic heterocycles. The monoisotopic (exact) mass is 416 g/mol. The molecule has 164 valence electrons. The van der Waals surface area contributed by atoms with Gasteiger partial charge in [-0.15, -0.1) is 4.91 Å². The van der Waals surface area contributed by atoms with Crippen LogP contribution >= 0.6 is 0 Å². The maximum Gasteiger partial charge on any atom is 0.317 e. The van der Waals surface area contributed by atoms with Crippen LogP contribution in [0, 0.1) is 4.91 Å². The van der Waals surface area contributed by atoms with Gasteiger partial charge in [-0.3, -0.25) is 38.8 Å². The van der Waals surface area contributed by atoms with E-state index in [4.69, 9.17) is 15.9 Å². The fourth-order valence-corrected chi connectivity index (χ4v) is 3.03.